The fraction of sp³-hybridized carbons (Fsp3) is 0.900. The molecule has 0 aromatic heterocycles. The van der Waals surface area contributed by atoms with Crippen molar-refractivity contribution in [2.24, 2.45) is 17.1 Å². The van der Waals surface area contributed by atoms with Gasteiger partial charge in [0.25, 0.3) is 0 Å². The second-order valence-corrected chi connectivity index (χ2v) is 4.65. The average Bonchev–Trinajstić information content (AvgIpc) is 2.60. The van der Waals surface area contributed by atoms with E-state index in [0.717, 1.165) is 19.7 Å². The number of fused-ring (bicyclic) bond motifs is 1. The van der Waals surface area contributed by atoms with Crippen molar-refractivity contribution < 1.29 is 4.74 Å². The Kier molecular flexibility index (Phi) is 2.39. The van der Waals surface area contributed by atoms with Crippen molar-refractivity contribution in [1.82, 2.24) is 4.90 Å². The lowest BCUT2D eigenvalue weighted by atomic mass is 9.82. The first kappa shape index (κ1) is 9.77. The molecule has 0 radical (unpaired) electrons. The third-order valence-corrected chi connectivity index (χ3v) is 3.81. The molecule has 1 saturated carbocycles. The molecule has 4 heteroatoms. The van der Waals surface area contributed by atoms with Crippen LogP contribution in [0.5, 0.6) is 0 Å². The Labute approximate surface area is 84.9 Å². The van der Waals surface area contributed by atoms with Crippen LogP contribution in [-0.2, 0) is 4.74 Å². The van der Waals surface area contributed by atoms with Gasteiger partial charge in [0, 0.05) is 25.6 Å². The molecule has 1 aliphatic carbocycles. The van der Waals surface area contributed by atoms with E-state index < -0.39 is 0 Å². The number of rotatable bonds is 2. The highest BCUT2D eigenvalue weighted by atomic mass is 16.5. The van der Waals surface area contributed by atoms with Gasteiger partial charge in [0.1, 0.15) is 0 Å². The lowest BCUT2D eigenvalue weighted by Crippen LogP contribution is -2.37. The Morgan fingerprint density at radius 2 is 2.50 bits per heavy atom. The number of ether oxygens (including phenoxy) is 1. The zero-order chi connectivity index (χ0) is 10.2. The summed E-state index contributed by atoms with van der Waals surface area (Å²) in [5.74, 6) is 0.904. The van der Waals surface area contributed by atoms with Crippen LogP contribution in [0.25, 0.3) is 0 Å². The summed E-state index contributed by atoms with van der Waals surface area (Å²) in [5, 5.41) is 7.45. The minimum atomic E-state index is 0.217. The highest BCUT2D eigenvalue weighted by Gasteiger charge is 2.49. The molecule has 80 valence electrons. The number of likely N-dealkylation sites (tertiary alicyclic amines) is 1. The third kappa shape index (κ3) is 1.38. The van der Waals surface area contributed by atoms with E-state index in [9.17, 15) is 0 Å². The molecule has 2 fully saturated rings. The molecule has 0 bridgehead atoms. The first-order valence-corrected chi connectivity index (χ1v) is 5.26. The lowest BCUT2D eigenvalue weighted by molar-refractivity contribution is 0.0734. The standard InChI is InChI=1S/C10H19N3O/c1-14-7-10-4-2-3-8(10)5-13(6-10)9(11)12/h8H,2-7H2,1H3,(H3,11,12). The number of nitrogens with zero attached hydrogens (tertiary/aromatic N) is 1. The van der Waals surface area contributed by atoms with Gasteiger partial charge in [-0.25, -0.2) is 0 Å². The molecule has 1 saturated heterocycles. The van der Waals surface area contributed by atoms with E-state index in [0.29, 0.717) is 11.3 Å². The number of guanidine groups is 1. The minimum absolute atomic E-state index is 0.217. The maximum Gasteiger partial charge on any atom is 0.188 e. The third-order valence-electron chi connectivity index (χ3n) is 3.81. The molecule has 3 N–H and O–H groups in total. The summed E-state index contributed by atoms with van der Waals surface area (Å²) >= 11 is 0. The zero-order valence-corrected chi connectivity index (χ0v) is 8.75. The van der Waals surface area contributed by atoms with Crippen LogP contribution in [0, 0.1) is 16.7 Å². The Morgan fingerprint density at radius 1 is 1.71 bits per heavy atom. The van der Waals surface area contributed by atoms with E-state index in [4.69, 9.17) is 15.9 Å². The topological polar surface area (TPSA) is 62.3 Å². The van der Waals surface area contributed by atoms with Crippen molar-refractivity contribution in [2.45, 2.75) is 19.3 Å². The predicted octanol–water partition coefficient (Wildman–Crippen LogP) is 0.628. The van der Waals surface area contributed by atoms with Crippen molar-refractivity contribution >= 4 is 5.96 Å². The molecule has 14 heavy (non-hydrogen) atoms. The molecule has 4 nitrogen and oxygen atoms in total. The van der Waals surface area contributed by atoms with Gasteiger partial charge in [0.2, 0.25) is 0 Å². The number of methoxy groups -OCH3 is 1. The molecular weight excluding hydrogens is 178 g/mol. The van der Waals surface area contributed by atoms with Crippen molar-refractivity contribution in [1.29, 1.82) is 5.41 Å². The van der Waals surface area contributed by atoms with E-state index in [1.165, 1.54) is 19.3 Å². The Balaban J connectivity index is 2.10. The van der Waals surface area contributed by atoms with Gasteiger partial charge in [-0.3, -0.25) is 5.41 Å². The molecule has 0 amide bonds. The van der Waals surface area contributed by atoms with Crippen molar-refractivity contribution in [2.75, 3.05) is 26.8 Å². The first-order chi connectivity index (χ1) is 6.68. The summed E-state index contributed by atoms with van der Waals surface area (Å²) in [6.07, 6.45) is 3.81. The average molecular weight is 197 g/mol. The molecule has 2 unspecified atom stereocenters. The van der Waals surface area contributed by atoms with Crippen molar-refractivity contribution in [3.05, 3.63) is 0 Å². The highest BCUT2D eigenvalue weighted by molar-refractivity contribution is 5.75. The summed E-state index contributed by atoms with van der Waals surface area (Å²) in [4.78, 5) is 1.99. The molecule has 2 rings (SSSR count). The quantitative estimate of drug-likeness (QED) is 0.504. The van der Waals surface area contributed by atoms with Gasteiger partial charge >= 0.3 is 0 Å². The number of nitrogens with two attached hydrogens (primary N) is 1. The lowest BCUT2D eigenvalue weighted by Gasteiger charge is -2.27. The van der Waals surface area contributed by atoms with E-state index in [-0.39, 0.29) is 5.96 Å². The monoisotopic (exact) mass is 197 g/mol. The summed E-state index contributed by atoms with van der Waals surface area (Å²) in [5.41, 5.74) is 5.82. The van der Waals surface area contributed by atoms with E-state index >= 15 is 0 Å². The Hall–Kier alpha value is -0.770. The van der Waals surface area contributed by atoms with Gasteiger partial charge in [-0.1, -0.05) is 6.42 Å². The fourth-order valence-electron chi connectivity index (χ4n) is 3.12. The Morgan fingerprint density at radius 3 is 3.14 bits per heavy atom. The summed E-state index contributed by atoms with van der Waals surface area (Å²) in [6.45, 7) is 2.70. The van der Waals surface area contributed by atoms with E-state index in [1.54, 1.807) is 7.11 Å². The Bertz CT molecular complexity index is 244. The molecule has 0 spiro atoms. The highest BCUT2D eigenvalue weighted by Crippen LogP contribution is 2.48. The minimum Gasteiger partial charge on any atom is -0.384 e. The first-order valence-electron chi connectivity index (χ1n) is 5.26. The molecule has 1 aliphatic heterocycles. The van der Waals surface area contributed by atoms with Gasteiger partial charge in [0.05, 0.1) is 6.61 Å². The maximum atomic E-state index is 7.45. The SMILES string of the molecule is COCC12CCCC1CN(C(=N)N)C2. The van der Waals surface area contributed by atoms with Crippen LogP contribution in [0.2, 0.25) is 0 Å². The van der Waals surface area contributed by atoms with Crippen LogP contribution in [0.1, 0.15) is 19.3 Å². The molecule has 0 aromatic carbocycles. The zero-order valence-electron chi connectivity index (χ0n) is 8.75. The van der Waals surface area contributed by atoms with Crippen LogP contribution in [-0.4, -0.2) is 37.7 Å². The van der Waals surface area contributed by atoms with Crippen LogP contribution in [0.15, 0.2) is 0 Å². The van der Waals surface area contributed by atoms with Gasteiger partial charge < -0.3 is 15.4 Å². The van der Waals surface area contributed by atoms with Crippen LogP contribution >= 0.6 is 0 Å². The predicted molar refractivity (Wildman–Crippen MR) is 55.1 cm³/mol. The molecule has 2 atom stereocenters. The largest absolute Gasteiger partial charge is 0.384 e. The van der Waals surface area contributed by atoms with Gasteiger partial charge in [-0.15, -0.1) is 0 Å². The second-order valence-electron chi connectivity index (χ2n) is 4.65. The smallest absolute Gasteiger partial charge is 0.188 e. The number of hydrogen-bond donors (Lipinski definition) is 2. The van der Waals surface area contributed by atoms with Crippen LogP contribution < -0.4 is 5.73 Å². The summed E-state index contributed by atoms with van der Waals surface area (Å²) in [6, 6.07) is 0. The van der Waals surface area contributed by atoms with E-state index in [2.05, 4.69) is 0 Å². The molecule has 2 aliphatic rings. The normalized spacial score (nSPS) is 36.1. The van der Waals surface area contributed by atoms with Crippen molar-refractivity contribution in [3.8, 4) is 0 Å². The van der Waals surface area contributed by atoms with Crippen LogP contribution in [0.3, 0.4) is 0 Å². The number of nitrogens with one attached hydrogen (secondary N) is 1. The van der Waals surface area contributed by atoms with Gasteiger partial charge in [-0.05, 0) is 18.8 Å². The number of hydrogen-bond acceptors (Lipinski definition) is 2. The molecule has 1 heterocycles. The summed E-state index contributed by atoms with van der Waals surface area (Å²) in [7, 11) is 1.76. The fourth-order valence-corrected chi connectivity index (χ4v) is 3.12. The summed E-state index contributed by atoms with van der Waals surface area (Å²) < 4.78 is 5.32. The maximum absolute atomic E-state index is 7.45. The van der Waals surface area contributed by atoms with E-state index in [1.807, 2.05) is 4.90 Å². The van der Waals surface area contributed by atoms with Crippen LogP contribution in [0.4, 0.5) is 0 Å². The van der Waals surface area contributed by atoms with Crippen molar-refractivity contribution in [3.63, 3.8) is 0 Å². The molecule has 0 aromatic rings. The van der Waals surface area contributed by atoms with Gasteiger partial charge in [0.15, 0.2) is 5.96 Å². The van der Waals surface area contributed by atoms with Gasteiger partial charge in [-0.2, -0.15) is 0 Å². The molecular formula is C10H19N3O. The second kappa shape index (κ2) is 3.42.